The largest absolute Gasteiger partial charge is 2.00 e. The third-order valence-electron chi connectivity index (χ3n) is 0. The van der Waals surface area contributed by atoms with Crippen LogP contribution >= 0.6 is 0 Å². The van der Waals surface area contributed by atoms with E-state index < -0.39 is 0 Å². The van der Waals surface area contributed by atoms with Crippen LogP contribution in [0.1, 0.15) is 2.85 Å². The van der Waals surface area contributed by atoms with Crippen molar-refractivity contribution in [2.45, 2.75) is 0 Å². The molecule has 1 nitrogen and oxygen atoms in total. The normalized spacial score (nSPS) is 0. The van der Waals surface area contributed by atoms with Crippen LogP contribution in [-0.4, -0.2) is 28.5 Å². The Hall–Kier alpha value is 1.61. The zero-order chi connectivity index (χ0) is 0. The molecule has 4 heavy (non-hydrogen) atoms. The van der Waals surface area contributed by atoms with Gasteiger partial charge in [0.05, 0.1) is 0 Å². The van der Waals surface area contributed by atoms with E-state index in [9.17, 15) is 0 Å². The molecule has 0 atom stereocenters. The van der Waals surface area contributed by atoms with Gasteiger partial charge in [-0.2, -0.15) is 0 Å². The van der Waals surface area contributed by atoms with Crippen LogP contribution in [0.5, 0.6) is 0 Å². The maximum Gasteiger partial charge on any atom is 2.00 e. The van der Waals surface area contributed by atoms with Gasteiger partial charge in [-0.05, 0) is 0 Å². The Morgan fingerprint density at radius 3 is 1.25 bits per heavy atom. The Morgan fingerprint density at radius 2 is 1.25 bits per heavy atom. The first-order chi connectivity index (χ1) is 0. The van der Waals surface area contributed by atoms with Crippen LogP contribution in [-0.2, 0) is 0 Å². The molecule has 0 radical (unpaired) electrons. The molecule has 0 saturated heterocycles. The van der Waals surface area contributed by atoms with Gasteiger partial charge in [-0.1, -0.05) is 0 Å². The Morgan fingerprint density at radius 1 is 1.25 bits per heavy atom. The summed E-state index contributed by atoms with van der Waals surface area (Å²) in [6.45, 7) is 0. The van der Waals surface area contributed by atoms with Crippen molar-refractivity contribution < 1.29 is 39.6 Å². The number of rotatable bonds is 0. The molecule has 2 N–H and O–H groups in total. The fourth-order valence-electron chi connectivity index (χ4n) is 0. The van der Waals surface area contributed by atoms with Gasteiger partial charge in [0.15, 0.2) is 0 Å². The summed E-state index contributed by atoms with van der Waals surface area (Å²) in [7, 11) is 0. The van der Waals surface area contributed by atoms with Gasteiger partial charge in [0.1, 0.15) is 0 Å². The van der Waals surface area contributed by atoms with Crippen molar-refractivity contribution in [3.8, 4) is 0 Å². The van der Waals surface area contributed by atoms with Gasteiger partial charge < -0.3 is 20.7 Å². The molecule has 0 aromatic heterocycles. The third kappa shape index (κ3) is 9.48. The Balaban J connectivity index is 0. The summed E-state index contributed by atoms with van der Waals surface area (Å²) in [4.78, 5) is 0. The predicted molar refractivity (Wildman–Crippen MR) is 11.6 cm³/mol. The SMILES string of the molecule is O.[Cl-].[H-].[H-].[Li+].[Mg+2]. The summed E-state index contributed by atoms with van der Waals surface area (Å²) in [5.41, 5.74) is 0. The van der Waals surface area contributed by atoms with Crippen molar-refractivity contribution in [3.63, 3.8) is 0 Å². The molecule has 0 aromatic carbocycles. The van der Waals surface area contributed by atoms with Crippen LogP contribution in [0.15, 0.2) is 0 Å². The second kappa shape index (κ2) is 23.1. The maximum absolute atomic E-state index is 0. The zero-order valence-electron chi connectivity index (χ0n) is 4.59. The average molecular weight is 86.7 g/mol. The number of hydrogen-bond donors (Lipinski definition) is 0. The van der Waals surface area contributed by atoms with Gasteiger partial charge in [0.2, 0.25) is 0 Å². The first-order valence-corrected chi connectivity index (χ1v) is 0. The van der Waals surface area contributed by atoms with Gasteiger partial charge in [0.25, 0.3) is 0 Å². The summed E-state index contributed by atoms with van der Waals surface area (Å²) < 4.78 is 0. The molecular formula is H4ClLiMgO. The van der Waals surface area contributed by atoms with Crippen molar-refractivity contribution in [3.05, 3.63) is 0 Å². The molecule has 0 amide bonds. The van der Waals surface area contributed by atoms with E-state index >= 15 is 0 Å². The summed E-state index contributed by atoms with van der Waals surface area (Å²) in [6, 6.07) is 0. The molecule has 0 heterocycles. The predicted octanol–water partition coefficient (Wildman–Crippen LogP) is -6.97. The Kier molecular flexibility index (Phi) is 265. The molecule has 0 spiro atoms. The molecule has 20 valence electrons. The average Bonchev–Trinajstić information content (AvgIpc) is 0. The van der Waals surface area contributed by atoms with E-state index in [4.69, 9.17) is 0 Å². The third-order valence-corrected chi connectivity index (χ3v) is 0. The van der Waals surface area contributed by atoms with E-state index in [1.807, 2.05) is 0 Å². The molecule has 0 rings (SSSR count). The second-order valence-electron chi connectivity index (χ2n) is 0. The molecule has 0 bridgehead atoms. The summed E-state index contributed by atoms with van der Waals surface area (Å²) in [5, 5.41) is 0. The first kappa shape index (κ1) is 45.9. The Labute approximate surface area is 62.5 Å². The van der Waals surface area contributed by atoms with Crippen molar-refractivity contribution in [2.24, 2.45) is 0 Å². The van der Waals surface area contributed by atoms with Crippen molar-refractivity contribution in [1.82, 2.24) is 0 Å². The molecule has 0 aromatic rings. The van der Waals surface area contributed by atoms with Crippen LogP contribution < -0.4 is 31.3 Å². The second-order valence-corrected chi connectivity index (χ2v) is 0. The van der Waals surface area contributed by atoms with E-state index in [1.54, 1.807) is 0 Å². The van der Waals surface area contributed by atoms with Crippen LogP contribution in [0, 0.1) is 0 Å². The van der Waals surface area contributed by atoms with E-state index in [1.165, 1.54) is 0 Å². The van der Waals surface area contributed by atoms with E-state index in [0.29, 0.717) is 0 Å². The van der Waals surface area contributed by atoms with Crippen molar-refractivity contribution in [1.29, 1.82) is 0 Å². The standard InChI is InChI=1S/ClH.Li.Mg.H2O.2H/h1H;;;1H2;;/q;+1;+2;;2*-1/p-1. The molecular weight excluding hydrogens is 82.7 g/mol. The van der Waals surface area contributed by atoms with Crippen LogP contribution in [0.4, 0.5) is 0 Å². The van der Waals surface area contributed by atoms with Crippen LogP contribution in [0.3, 0.4) is 0 Å². The summed E-state index contributed by atoms with van der Waals surface area (Å²) >= 11 is 0. The molecule has 0 aliphatic carbocycles. The van der Waals surface area contributed by atoms with Gasteiger partial charge in [-0.25, -0.2) is 0 Å². The first-order valence-electron chi connectivity index (χ1n) is 0. The smallest absolute Gasteiger partial charge is 1.00 e. The van der Waals surface area contributed by atoms with Crippen LogP contribution in [0.2, 0.25) is 0 Å². The molecule has 4 heteroatoms. The molecule has 0 aliphatic rings. The van der Waals surface area contributed by atoms with Crippen molar-refractivity contribution >= 4 is 23.1 Å². The van der Waals surface area contributed by atoms with Gasteiger partial charge >= 0.3 is 41.9 Å². The minimum atomic E-state index is 0. The monoisotopic (exact) mass is 86.0 g/mol. The maximum atomic E-state index is 0. The minimum absolute atomic E-state index is 0. The van der Waals surface area contributed by atoms with Gasteiger partial charge in [0, 0.05) is 0 Å². The number of halogens is 1. The fourth-order valence-corrected chi connectivity index (χ4v) is 0. The summed E-state index contributed by atoms with van der Waals surface area (Å²) in [6.07, 6.45) is 0. The zero-order valence-corrected chi connectivity index (χ0v) is 4.76. The minimum Gasteiger partial charge on any atom is -1.00 e. The number of hydrogen-bond acceptors (Lipinski definition) is 0. The fraction of sp³-hybridized carbons (Fsp3) is 0. The quantitative estimate of drug-likeness (QED) is 0.263. The van der Waals surface area contributed by atoms with Crippen molar-refractivity contribution in [2.75, 3.05) is 0 Å². The summed E-state index contributed by atoms with van der Waals surface area (Å²) in [5.74, 6) is 0. The molecule has 0 saturated carbocycles. The van der Waals surface area contributed by atoms with Crippen LogP contribution in [0.25, 0.3) is 0 Å². The van der Waals surface area contributed by atoms with E-state index in [-0.39, 0.29) is 62.6 Å². The van der Waals surface area contributed by atoms with E-state index in [2.05, 4.69) is 0 Å². The topological polar surface area (TPSA) is 31.5 Å². The molecule has 0 aliphatic heterocycles. The van der Waals surface area contributed by atoms with Gasteiger partial charge in [-0.3, -0.25) is 0 Å². The molecule has 0 unspecified atom stereocenters. The molecule has 0 fully saturated rings. The Bertz CT molecular complexity index is 13.5. The van der Waals surface area contributed by atoms with E-state index in [0.717, 1.165) is 0 Å². The van der Waals surface area contributed by atoms with Gasteiger partial charge in [-0.15, -0.1) is 0 Å².